The number of halogens is 2. The Morgan fingerprint density at radius 3 is 2.67 bits per heavy atom. The maximum Gasteiger partial charge on any atom is 0.123 e. The third-order valence-corrected chi connectivity index (χ3v) is 3.13. The van der Waals surface area contributed by atoms with E-state index in [2.05, 4.69) is 35.9 Å². The average molecular weight is 271 g/mol. The zero-order chi connectivity index (χ0) is 11.4. The molecule has 2 heteroatoms. The highest BCUT2D eigenvalue weighted by Gasteiger charge is 2.03. The topological polar surface area (TPSA) is 0 Å². The fraction of sp³-hybridized carbons (Fsp3) is 0.385. The molecule has 15 heavy (non-hydrogen) atoms. The van der Waals surface area contributed by atoms with Gasteiger partial charge in [0, 0.05) is 5.33 Å². The fourth-order valence-electron chi connectivity index (χ4n) is 1.33. The van der Waals surface area contributed by atoms with Crippen LogP contribution in [0.5, 0.6) is 0 Å². The minimum absolute atomic E-state index is 0.176. The Balaban J connectivity index is 3.10. The summed E-state index contributed by atoms with van der Waals surface area (Å²) in [6, 6.07) is 4.89. The van der Waals surface area contributed by atoms with Crippen molar-refractivity contribution in [3.63, 3.8) is 0 Å². The van der Waals surface area contributed by atoms with Crippen molar-refractivity contribution in [2.45, 2.75) is 20.8 Å². The van der Waals surface area contributed by atoms with Crippen molar-refractivity contribution in [1.82, 2.24) is 0 Å². The van der Waals surface area contributed by atoms with E-state index < -0.39 is 0 Å². The van der Waals surface area contributed by atoms with Crippen LogP contribution >= 0.6 is 15.9 Å². The molecule has 0 bridgehead atoms. The van der Waals surface area contributed by atoms with Gasteiger partial charge in [-0.3, -0.25) is 0 Å². The lowest BCUT2D eigenvalue weighted by Gasteiger charge is -2.09. The highest BCUT2D eigenvalue weighted by atomic mass is 79.9. The van der Waals surface area contributed by atoms with Gasteiger partial charge >= 0.3 is 0 Å². The number of aryl methyl sites for hydroxylation is 1. The van der Waals surface area contributed by atoms with Crippen molar-refractivity contribution in [2.24, 2.45) is 5.92 Å². The number of rotatable bonds is 3. The van der Waals surface area contributed by atoms with Crippen LogP contribution in [0.15, 0.2) is 23.8 Å². The van der Waals surface area contributed by atoms with Gasteiger partial charge < -0.3 is 0 Å². The first kappa shape index (κ1) is 12.4. The summed E-state index contributed by atoms with van der Waals surface area (Å²) in [7, 11) is 0. The molecule has 0 aliphatic heterocycles. The predicted octanol–water partition coefficient (Wildman–Crippen LogP) is 4.57. The average Bonchev–Trinajstić information content (AvgIpc) is 2.18. The lowest BCUT2D eigenvalue weighted by Crippen LogP contribution is -1.96. The highest BCUT2D eigenvalue weighted by Crippen LogP contribution is 2.19. The van der Waals surface area contributed by atoms with Gasteiger partial charge in [-0.05, 0) is 36.1 Å². The number of benzene rings is 1. The van der Waals surface area contributed by atoms with Crippen molar-refractivity contribution in [2.75, 3.05) is 5.33 Å². The molecule has 1 aromatic carbocycles. The minimum atomic E-state index is -0.176. The van der Waals surface area contributed by atoms with Gasteiger partial charge in [0.1, 0.15) is 5.82 Å². The first-order valence-corrected chi connectivity index (χ1v) is 6.19. The molecule has 0 atom stereocenters. The molecule has 0 N–H and O–H groups in total. The quantitative estimate of drug-likeness (QED) is 0.706. The standard InChI is InChI=1S/C13H16BrF/c1-9(2)12(8-14)6-11-7-13(15)5-4-10(11)3/h4-7,9H,8H2,1-3H3/b12-6+. The molecule has 0 aliphatic rings. The molecule has 0 radical (unpaired) electrons. The predicted molar refractivity (Wildman–Crippen MR) is 67.7 cm³/mol. The summed E-state index contributed by atoms with van der Waals surface area (Å²) in [6.07, 6.45) is 2.07. The molecule has 1 rings (SSSR count). The summed E-state index contributed by atoms with van der Waals surface area (Å²) in [5.41, 5.74) is 3.36. The number of allylic oxidation sites excluding steroid dienone is 1. The van der Waals surface area contributed by atoms with Gasteiger partial charge in [0.2, 0.25) is 0 Å². The summed E-state index contributed by atoms with van der Waals surface area (Å²) in [5.74, 6) is 0.302. The zero-order valence-electron chi connectivity index (χ0n) is 9.35. The van der Waals surface area contributed by atoms with Crippen LogP contribution in [-0.4, -0.2) is 5.33 Å². The van der Waals surface area contributed by atoms with Gasteiger partial charge in [0.05, 0.1) is 0 Å². The second-order valence-electron chi connectivity index (χ2n) is 4.01. The van der Waals surface area contributed by atoms with Crippen molar-refractivity contribution < 1.29 is 4.39 Å². The van der Waals surface area contributed by atoms with Crippen LogP contribution in [-0.2, 0) is 0 Å². The molecule has 0 fully saturated rings. The Hall–Kier alpha value is -0.630. The van der Waals surface area contributed by atoms with E-state index in [0.29, 0.717) is 5.92 Å². The van der Waals surface area contributed by atoms with E-state index in [-0.39, 0.29) is 5.82 Å². The second-order valence-corrected chi connectivity index (χ2v) is 4.57. The largest absolute Gasteiger partial charge is 0.207 e. The third kappa shape index (κ3) is 3.45. The lowest BCUT2D eigenvalue weighted by atomic mass is 10.00. The smallest absolute Gasteiger partial charge is 0.123 e. The van der Waals surface area contributed by atoms with Crippen molar-refractivity contribution in [3.05, 3.63) is 40.7 Å². The van der Waals surface area contributed by atoms with E-state index in [4.69, 9.17) is 0 Å². The van der Waals surface area contributed by atoms with Gasteiger partial charge in [0.25, 0.3) is 0 Å². The molecular weight excluding hydrogens is 255 g/mol. The SMILES string of the molecule is Cc1ccc(F)cc1/C=C(\CBr)C(C)C. The van der Waals surface area contributed by atoms with E-state index in [0.717, 1.165) is 16.5 Å². The molecule has 0 saturated heterocycles. The maximum absolute atomic E-state index is 13.1. The van der Waals surface area contributed by atoms with E-state index in [1.807, 2.05) is 13.0 Å². The van der Waals surface area contributed by atoms with Crippen LogP contribution in [0.2, 0.25) is 0 Å². The summed E-state index contributed by atoms with van der Waals surface area (Å²) in [6.45, 7) is 6.28. The molecule has 0 spiro atoms. The molecule has 0 aromatic heterocycles. The van der Waals surface area contributed by atoms with Crippen LogP contribution in [0, 0.1) is 18.7 Å². The van der Waals surface area contributed by atoms with Crippen molar-refractivity contribution in [3.8, 4) is 0 Å². The summed E-state index contributed by atoms with van der Waals surface area (Å²) < 4.78 is 13.1. The van der Waals surface area contributed by atoms with Gasteiger partial charge in [0.15, 0.2) is 0 Å². The summed E-state index contributed by atoms with van der Waals surface area (Å²) in [5, 5.41) is 0.834. The normalized spacial score (nSPS) is 12.3. The molecule has 0 saturated carbocycles. The molecule has 1 aromatic rings. The van der Waals surface area contributed by atoms with Crippen LogP contribution < -0.4 is 0 Å². The van der Waals surface area contributed by atoms with Crippen molar-refractivity contribution in [1.29, 1.82) is 0 Å². The van der Waals surface area contributed by atoms with Gasteiger partial charge in [-0.15, -0.1) is 0 Å². The maximum atomic E-state index is 13.1. The molecule has 0 aliphatic carbocycles. The summed E-state index contributed by atoms with van der Waals surface area (Å²) in [4.78, 5) is 0. The van der Waals surface area contributed by atoms with Gasteiger partial charge in [-0.1, -0.05) is 47.5 Å². The lowest BCUT2D eigenvalue weighted by molar-refractivity contribution is 0.627. The monoisotopic (exact) mass is 270 g/mol. The Kier molecular flexibility index (Phi) is 4.52. The Bertz CT molecular complexity index is 367. The number of hydrogen-bond acceptors (Lipinski definition) is 0. The minimum Gasteiger partial charge on any atom is -0.207 e. The first-order valence-electron chi connectivity index (χ1n) is 5.07. The van der Waals surface area contributed by atoms with E-state index >= 15 is 0 Å². The van der Waals surface area contributed by atoms with Crippen molar-refractivity contribution >= 4 is 22.0 Å². The zero-order valence-corrected chi connectivity index (χ0v) is 10.9. The third-order valence-electron chi connectivity index (χ3n) is 2.48. The Labute approximate surface area is 99.3 Å². The molecular formula is C13H16BrF. The van der Waals surface area contributed by atoms with Crippen LogP contribution in [0.3, 0.4) is 0 Å². The van der Waals surface area contributed by atoms with Gasteiger partial charge in [-0.2, -0.15) is 0 Å². The summed E-state index contributed by atoms with van der Waals surface area (Å²) >= 11 is 3.45. The van der Waals surface area contributed by atoms with Crippen LogP contribution in [0.1, 0.15) is 25.0 Å². The number of hydrogen-bond donors (Lipinski definition) is 0. The van der Waals surface area contributed by atoms with Gasteiger partial charge in [-0.25, -0.2) is 4.39 Å². The molecule has 0 amide bonds. The molecule has 0 nitrogen and oxygen atoms in total. The molecule has 82 valence electrons. The Morgan fingerprint density at radius 2 is 2.13 bits per heavy atom. The van der Waals surface area contributed by atoms with Crippen LogP contribution in [0.4, 0.5) is 4.39 Å². The van der Waals surface area contributed by atoms with E-state index in [1.165, 1.54) is 11.6 Å². The molecule has 0 heterocycles. The van der Waals surface area contributed by atoms with E-state index in [9.17, 15) is 4.39 Å². The van der Waals surface area contributed by atoms with Crippen LogP contribution in [0.25, 0.3) is 6.08 Å². The second kappa shape index (κ2) is 5.45. The highest BCUT2D eigenvalue weighted by molar-refractivity contribution is 9.09. The Morgan fingerprint density at radius 1 is 1.47 bits per heavy atom. The fourth-order valence-corrected chi connectivity index (χ4v) is 2.14. The number of alkyl halides is 1. The molecule has 0 unspecified atom stereocenters. The first-order chi connectivity index (χ1) is 7.04. The van der Waals surface area contributed by atoms with E-state index in [1.54, 1.807) is 6.07 Å².